The molecule has 0 N–H and O–H groups in total. The molecule has 0 unspecified atom stereocenters. The molecule has 1 aliphatic heterocycles. The number of benzene rings is 1. The first-order valence-corrected chi connectivity index (χ1v) is 8.63. The van der Waals surface area contributed by atoms with Crippen LogP contribution in [0.5, 0.6) is 0 Å². The van der Waals surface area contributed by atoms with Gasteiger partial charge in [-0.2, -0.15) is 0 Å². The average molecular weight is 375 g/mol. The van der Waals surface area contributed by atoms with Crippen molar-refractivity contribution in [3.05, 3.63) is 35.8 Å². The van der Waals surface area contributed by atoms with Crippen LogP contribution in [-0.4, -0.2) is 57.1 Å². The number of hydrogen-bond donors (Lipinski definition) is 0. The third-order valence-electron chi connectivity index (χ3n) is 4.08. The van der Waals surface area contributed by atoms with Crippen molar-refractivity contribution in [1.82, 2.24) is 19.9 Å². The molecule has 0 saturated carbocycles. The van der Waals surface area contributed by atoms with Gasteiger partial charge in [0.15, 0.2) is 5.82 Å². The van der Waals surface area contributed by atoms with Gasteiger partial charge in [0.25, 0.3) is 0 Å². The third-order valence-corrected chi connectivity index (χ3v) is 4.08. The zero-order valence-corrected chi connectivity index (χ0v) is 15.8. The summed E-state index contributed by atoms with van der Waals surface area (Å²) in [5.41, 5.74) is 0.170. The molecule has 2 heterocycles. The quantitative estimate of drug-likeness (QED) is 0.805. The van der Waals surface area contributed by atoms with Gasteiger partial charge in [-0.3, -0.25) is 14.6 Å². The first-order chi connectivity index (χ1) is 12.7. The molecule has 9 heteroatoms. The fourth-order valence-electron chi connectivity index (χ4n) is 2.80. The van der Waals surface area contributed by atoms with Crippen LogP contribution in [0.2, 0.25) is 0 Å². The molecule has 1 aliphatic rings. The van der Waals surface area contributed by atoms with Gasteiger partial charge in [-0.1, -0.05) is 17.3 Å². The molecule has 0 aliphatic carbocycles. The van der Waals surface area contributed by atoms with Gasteiger partial charge in [-0.15, -0.1) is 5.10 Å². The number of carbonyl (C=O) groups excluding carboxylic acids is 2. The molecule has 1 saturated heterocycles. The van der Waals surface area contributed by atoms with Gasteiger partial charge in [-0.05, 0) is 39.8 Å². The van der Waals surface area contributed by atoms with Gasteiger partial charge >= 0.3 is 6.09 Å². The summed E-state index contributed by atoms with van der Waals surface area (Å²) >= 11 is 0. The van der Waals surface area contributed by atoms with E-state index < -0.39 is 17.5 Å². The highest BCUT2D eigenvalue weighted by molar-refractivity contribution is 5.96. The summed E-state index contributed by atoms with van der Waals surface area (Å²) in [5, 5.41) is 8.04. The number of aromatic nitrogens is 3. The number of hydrogen-bond acceptors (Lipinski definition) is 5. The Kier molecular flexibility index (Phi) is 4.86. The van der Waals surface area contributed by atoms with Crippen LogP contribution in [0.1, 0.15) is 26.5 Å². The summed E-state index contributed by atoms with van der Waals surface area (Å²) in [4.78, 5) is 27.5. The fourth-order valence-corrected chi connectivity index (χ4v) is 2.80. The lowest BCUT2D eigenvalue weighted by Crippen LogP contribution is -2.53. The molecule has 8 nitrogen and oxygen atoms in total. The Morgan fingerprint density at radius 3 is 2.56 bits per heavy atom. The first-order valence-electron chi connectivity index (χ1n) is 8.63. The topological polar surface area (TPSA) is 80.6 Å². The van der Waals surface area contributed by atoms with Gasteiger partial charge in [0.05, 0.1) is 5.69 Å². The van der Waals surface area contributed by atoms with Crippen LogP contribution in [0, 0.1) is 12.7 Å². The highest BCUT2D eigenvalue weighted by atomic mass is 19.1. The average Bonchev–Trinajstić information content (AvgIpc) is 2.95. The molecule has 3 rings (SSSR count). The fraction of sp³-hybridized carbons (Fsp3) is 0.444. The second-order valence-corrected chi connectivity index (χ2v) is 7.31. The van der Waals surface area contributed by atoms with Crippen LogP contribution >= 0.6 is 0 Å². The summed E-state index contributed by atoms with van der Waals surface area (Å²) in [6, 6.07) is 6.21. The van der Waals surface area contributed by atoms with Crippen LogP contribution in [0.4, 0.5) is 15.0 Å². The Morgan fingerprint density at radius 2 is 1.93 bits per heavy atom. The standard InChI is InChI=1S/C18H22FN5O3/c1-12-16(20-21-24(12)14-8-6-5-7-13(14)19)23-10-9-22(11-15(23)25)17(26)27-18(2,3)4/h5-8H,9-11H2,1-4H3. The molecule has 1 fully saturated rings. The molecule has 0 atom stereocenters. The van der Waals surface area contributed by atoms with Gasteiger partial charge < -0.3 is 4.74 Å². The molecular weight excluding hydrogens is 353 g/mol. The van der Waals surface area contributed by atoms with Gasteiger partial charge in [0.1, 0.15) is 23.7 Å². The largest absolute Gasteiger partial charge is 0.444 e. The first kappa shape index (κ1) is 18.8. The highest BCUT2D eigenvalue weighted by Crippen LogP contribution is 2.23. The number of carbonyl (C=O) groups is 2. The van der Waals surface area contributed by atoms with Crippen molar-refractivity contribution < 1.29 is 18.7 Å². The van der Waals surface area contributed by atoms with E-state index >= 15 is 0 Å². The molecule has 0 spiro atoms. The molecule has 27 heavy (non-hydrogen) atoms. The van der Waals surface area contributed by atoms with E-state index in [9.17, 15) is 14.0 Å². The van der Waals surface area contributed by atoms with E-state index in [1.165, 1.54) is 20.5 Å². The number of halogens is 1. The van der Waals surface area contributed by atoms with Crippen LogP contribution in [0.15, 0.2) is 24.3 Å². The Bertz CT molecular complexity index is 874. The van der Waals surface area contributed by atoms with E-state index in [4.69, 9.17) is 4.74 Å². The maximum absolute atomic E-state index is 14.0. The van der Waals surface area contributed by atoms with Crippen molar-refractivity contribution in [2.75, 3.05) is 24.5 Å². The molecule has 1 aromatic carbocycles. The third kappa shape index (κ3) is 3.91. The monoisotopic (exact) mass is 375 g/mol. The van der Waals surface area contributed by atoms with Crippen molar-refractivity contribution in [2.24, 2.45) is 0 Å². The highest BCUT2D eigenvalue weighted by Gasteiger charge is 2.33. The van der Waals surface area contributed by atoms with E-state index in [2.05, 4.69) is 10.3 Å². The summed E-state index contributed by atoms with van der Waals surface area (Å²) in [6.45, 7) is 7.49. The van der Waals surface area contributed by atoms with Crippen LogP contribution < -0.4 is 4.90 Å². The maximum atomic E-state index is 14.0. The summed E-state index contributed by atoms with van der Waals surface area (Å²) < 4.78 is 20.7. The van der Waals surface area contributed by atoms with E-state index in [1.54, 1.807) is 45.9 Å². The van der Waals surface area contributed by atoms with Crippen LogP contribution in [0.25, 0.3) is 5.69 Å². The van der Waals surface area contributed by atoms with Crippen molar-refractivity contribution in [1.29, 1.82) is 0 Å². The second-order valence-electron chi connectivity index (χ2n) is 7.31. The molecule has 1 aromatic heterocycles. The lowest BCUT2D eigenvalue weighted by molar-refractivity contribution is -0.121. The maximum Gasteiger partial charge on any atom is 0.410 e. The minimum Gasteiger partial charge on any atom is -0.444 e. The normalized spacial score (nSPS) is 15.2. The molecular formula is C18H22FN5O3. The predicted octanol–water partition coefficient (Wildman–Crippen LogP) is 2.30. The lowest BCUT2D eigenvalue weighted by atomic mass is 10.2. The Morgan fingerprint density at radius 1 is 1.22 bits per heavy atom. The Hall–Kier alpha value is -2.97. The van der Waals surface area contributed by atoms with Gasteiger partial charge in [0, 0.05) is 13.1 Å². The van der Waals surface area contributed by atoms with Crippen LogP contribution in [-0.2, 0) is 9.53 Å². The molecule has 2 aromatic rings. The van der Waals surface area contributed by atoms with Gasteiger partial charge in [0.2, 0.25) is 5.91 Å². The summed E-state index contributed by atoms with van der Waals surface area (Å²) in [7, 11) is 0. The van der Waals surface area contributed by atoms with Crippen molar-refractivity contribution in [3.8, 4) is 5.69 Å². The van der Waals surface area contributed by atoms with E-state index in [0.717, 1.165) is 0 Å². The van der Waals surface area contributed by atoms with Crippen molar-refractivity contribution in [2.45, 2.75) is 33.3 Å². The van der Waals surface area contributed by atoms with E-state index in [0.29, 0.717) is 18.1 Å². The SMILES string of the molecule is Cc1c(N2CCN(C(=O)OC(C)(C)C)CC2=O)nnn1-c1ccccc1F. The smallest absolute Gasteiger partial charge is 0.410 e. The number of rotatable bonds is 2. The zero-order chi connectivity index (χ0) is 19.8. The molecule has 144 valence electrons. The minimum absolute atomic E-state index is 0.110. The van der Waals surface area contributed by atoms with Crippen molar-refractivity contribution >= 4 is 17.8 Å². The summed E-state index contributed by atoms with van der Waals surface area (Å²) in [6.07, 6.45) is -0.526. The van der Waals surface area contributed by atoms with Crippen LogP contribution in [0.3, 0.4) is 0 Å². The number of para-hydroxylation sites is 1. The lowest BCUT2D eigenvalue weighted by Gasteiger charge is -2.34. The molecule has 0 radical (unpaired) electrons. The van der Waals surface area contributed by atoms with Gasteiger partial charge in [-0.25, -0.2) is 13.9 Å². The Balaban J connectivity index is 1.77. The number of nitrogens with zero attached hydrogens (tertiary/aromatic N) is 5. The van der Waals surface area contributed by atoms with Crippen molar-refractivity contribution in [3.63, 3.8) is 0 Å². The number of amides is 2. The minimum atomic E-state index is -0.629. The predicted molar refractivity (Wildman–Crippen MR) is 96.2 cm³/mol. The zero-order valence-electron chi connectivity index (χ0n) is 15.8. The Labute approximate surface area is 156 Å². The number of anilines is 1. The van der Waals surface area contributed by atoms with E-state index in [-0.39, 0.29) is 24.7 Å². The number of ether oxygens (including phenoxy) is 1. The number of piperazine rings is 1. The molecule has 2 amide bonds. The second kappa shape index (κ2) is 6.98. The molecule has 0 bridgehead atoms. The summed E-state index contributed by atoms with van der Waals surface area (Å²) in [5.74, 6) is -0.374. The van der Waals surface area contributed by atoms with E-state index in [1.807, 2.05) is 0 Å².